The molecule has 2 heterocycles. The van der Waals surface area contributed by atoms with Gasteiger partial charge in [0.1, 0.15) is 5.82 Å². The molecule has 0 radical (unpaired) electrons. The van der Waals surface area contributed by atoms with Crippen LogP contribution in [0.15, 0.2) is 61.1 Å². The number of hydrogen-bond donors (Lipinski definition) is 2. The van der Waals surface area contributed by atoms with Gasteiger partial charge in [0, 0.05) is 41.8 Å². The molecular formula is C25H30N6O2. The van der Waals surface area contributed by atoms with Crippen molar-refractivity contribution in [1.82, 2.24) is 20.3 Å². The van der Waals surface area contributed by atoms with Gasteiger partial charge in [-0.3, -0.25) is 4.90 Å². The Labute approximate surface area is 194 Å². The van der Waals surface area contributed by atoms with Crippen LogP contribution in [0.5, 0.6) is 6.01 Å². The number of nitrogens with one attached hydrogen (secondary N) is 1. The van der Waals surface area contributed by atoms with Crippen molar-refractivity contribution >= 4 is 11.8 Å². The van der Waals surface area contributed by atoms with Crippen LogP contribution in [0.1, 0.15) is 44.2 Å². The summed E-state index contributed by atoms with van der Waals surface area (Å²) in [5, 5.41) is 3.14. The molecule has 3 aromatic rings. The van der Waals surface area contributed by atoms with Gasteiger partial charge in [-0.15, -0.1) is 0 Å². The van der Waals surface area contributed by atoms with Crippen LogP contribution in [0.25, 0.3) is 11.1 Å². The fourth-order valence-electron chi connectivity index (χ4n) is 4.17. The van der Waals surface area contributed by atoms with E-state index in [-0.39, 0.29) is 24.2 Å². The van der Waals surface area contributed by atoms with E-state index in [1.54, 1.807) is 23.5 Å². The van der Waals surface area contributed by atoms with E-state index in [4.69, 9.17) is 10.5 Å². The molecule has 0 spiro atoms. The van der Waals surface area contributed by atoms with Crippen molar-refractivity contribution in [3.8, 4) is 17.1 Å². The molecule has 4 rings (SSSR count). The van der Waals surface area contributed by atoms with Crippen molar-refractivity contribution in [2.24, 2.45) is 5.73 Å². The van der Waals surface area contributed by atoms with Crippen LogP contribution in [-0.2, 0) is 0 Å². The summed E-state index contributed by atoms with van der Waals surface area (Å²) < 4.78 is 5.02. The number of nitrogens with two attached hydrogens (primary N) is 1. The zero-order valence-electron chi connectivity index (χ0n) is 19.0. The van der Waals surface area contributed by atoms with E-state index in [1.165, 1.54) is 7.11 Å². The van der Waals surface area contributed by atoms with Gasteiger partial charge in [-0.05, 0) is 50.3 Å². The summed E-state index contributed by atoms with van der Waals surface area (Å²) in [6.45, 7) is 1.99. The smallest absolute Gasteiger partial charge is 0.323 e. The van der Waals surface area contributed by atoms with Crippen molar-refractivity contribution in [2.45, 2.75) is 50.7 Å². The zero-order valence-corrected chi connectivity index (χ0v) is 19.0. The minimum Gasteiger partial charge on any atom is -0.467 e. The van der Waals surface area contributed by atoms with Crippen LogP contribution in [-0.4, -0.2) is 40.2 Å². The topological polar surface area (TPSA) is 106 Å². The maximum Gasteiger partial charge on any atom is 0.323 e. The summed E-state index contributed by atoms with van der Waals surface area (Å²) in [7, 11) is 1.53. The Morgan fingerprint density at radius 2 is 1.67 bits per heavy atom. The quantitative estimate of drug-likeness (QED) is 0.591. The van der Waals surface area contributed by atoms with E-state index in [9.17, 15) is 4.79 Å². The molecule has 0 bridgehead atoms. The van der Waals surface area contributed by atoms with E-state index < -0.39 is 0 Å². The minimum absolute atomic E-state index is 0.0513. The van der Waals surface area contributed by atoms with E-state index in [2.05, 4.69) is 20.3 Å². The van der Waals surface area contributed by atoms with Crippen molar-refractivity contribution in [1.29, 1.82) is 0 Å². The lowest BCUT2D eigenvalue weighted by molar-refractivity contribution is 0.237. The highest BCUT2D eigenvalue weighted by Crippen LogP contribution is 2.28. The van der Waals surface area contributed by atoms with E-state index >= 15 is 0 Å². The number of hydrogen-bond acceptors (Lipinski definition) is 6. The van der Waals surface area contributed by atoms with Gasteiger partial charge in [0.05, 0.1) is 13.2 Å². The molecule has 0 saturated heterocycles. The lowest BCUT2D eigenvalue weighted by atomic mass is 9.91. The number of urea groups is 1. The fourth-order valence-corrected chi connectivity index (χ4v) is 4.17. The molecule has 0 unspecified atom stereocenters. The molecule has 3 N–H and O–H groups in total. The Morgan fingerprint density at radius 3 is 2.27 bits per heavy atom. The number of rotatable bonds is 6. The van der Waals surface area contributed by atoms with Crippen LogP contribution in [0, 0.1) is 0 Å². The number of amides is 2. The van der Waals surface area contributed by atoms with Crippen LogP contribution < -0.4 is 20.7 Å². The molecule has 8 nitrogen and oxygen atoms in total. The lowest BCUT2D eigenvalue weighted by Gasteiger charge is -2.36. The third kappa shape index (κ3) is 5.46. The summed E-state index contributed by atoms with van der Waals surface area (Å²) in [6, 6.07) is 14.0. The highest BCUT2D eigenvalue weighted by Gasteiger charge is 2.30. The molecule has 1 aliphatic carbocycles. The van der Waals surface area contributed by atoms with Crippen molar-refractivity contribution < 1.29 is 9.53 Å². The molecular weight excluding hydrogens is 416 g/mol. The van der Waals surface area contributed by atoms with Gasteiger partial charge in [-0.25, -0.2) is 19.7 Å². The fraction of sp³-hybridized carbons (Fsp3) is 0.360. The zero-order chi connectivity index (χ0) is 23.2. The second-order valence-electron chi connectivity index (χ2n) is 8.38. The monoisotopic (exact) mass is 446 g/mol. The normalized spacial score (nSPS) is 18.9. The molecule has 1 atom stereocenters. The Hall–Kier alpha value is -3.52. The minimum atomic E-state index is -0.153. The highest BCUT2D eigenvalue weighted by molar-refractivity contribution is 5.92. The molecule has 1 saturated carbocycles. The molecule has 8 heteroatoms. The second-order valence-corrected chi connectivity index (χ2v) is 8.38. The number of aromatic nitrogens is 3. The number of nitrogens with zero attached hydrogens (tertiary/aromatic N) is 4. The molecule has 1 fully saturated rings. The maximum atomic E-state index is 13.4. The van der Waals surface area contributed by atoms with Crippen LogP contribution in [0.2, 0.25) is 0 Å². The number of methoxy groups -OCH3 is 1. The summed E-state index contributed by atoms with van der Waals surface area (Å²) in [5.74, 6) is 0.617. The van der Waals surface area contributed by atoms with Crippen molar-refractivity contribution in [3.63, 3.8) is 0 Å². The van der Waals surface area contributed by atoms with Gasteiger partial charge in [-0.1, -0.05) is 30.3 Å². The van der Waals surface area contributed by atoms with Gasteiger partial charge in [-0.2, -0.15) is 0 Å². The first-order chi connectivity index (χ1) is 16.0. The Kier molecular flexibility index (Phi) is 7.14. The first-order valence-corrected chi connectivity index (χ1v) is 11.3. The number of benzene rings is 1. The Balaban J connectivity index is 1.56. The largest absolute Gasteiger partial charge is 0.467 e. The van der Waals surface area contributed by atoms with Crippen molar-refractivity contribution in [3.05, 3.63) is 66.6 Å². The number of carbonyl (C=O) groups excluding carboxylic acids is 1. The maximum absolute atomic E-state index is 13.4. The average molecular weight is 447 g/mol. The van der Waals surface area contributed by atoms with E-state index in [0.717, 1.165) is 42.4 Å². The van der Waals surface area contributed by atoms with Crippen molar-refractivity contribution in [2.75, 3.05) is 12.0 Å². The Morgan fingerprint density at radius 1 is 1.00 bits per heavy atom. The molecule has 2 aromatic heterocycles. The Bertz CT molecular complexity index is 1030. The number of carbonyl (C=O) groups is 1. The number of ether oxygens (including phenoxy) is 1. The van der Waals surface area contributed by atoms with E-state index in [1.807, 2.05) is 49.4 Å². The second kappa shape index (κ2) is 10.4. The first kappa shape index (κ1) is 22.7. The molecule has 172 valence electrons. The molecule has 2 amide bonds. The SMILES string of the molecule is COc1ncc(-c2ccc(N(C(=O)N[C@@H](C)c3ccccc3)C3CCC(N)CC3)nc2)cn1. The van der Waals surface area contributed by atoms with Gasteiger partial charge >= 0.3 is 12.0 Å². The predicted molar refractivity (Wildman–Crippen MR) is 128 cm³/mol. The standard InChI is InChI=1S/C25H30N6O2/c1-17(18-6-4-3-5-7-18)30-25(32)31(22-11-9-21(26)10-12-22)23-13-8-19(14-27-23)20-15-28-24(33-2)29-16-20/h3-8,13-17,21-22H,9-12,26H2,1-2H3,(H,30,32)/t17-,21?,22?/m0/s1. The summed E-state index contributed by atoms with van der Waals surface area (Å²) in [6.07, 6.45) is 8.62. The highest BCUT2D eigenvalue weighted by atomic mass is 16.5. The summed E-state index contributed by atoms with van der Waals surface area (Å²) in [5.41, 5.74) is 8.86. The van der Waals surface area contributed by atoms with Gasteiger partial charge in [0.25, 0.3) is 0 Å². The molecule has 0 aliphatic heterocycles. The lowest BCUT2D eigenvalue weighted by Crippen LogP contribution is -2.49. The molecule has 1 aromatic carbocycles. The number of anilines is 1. The van der Waals surface area contributed by atoms with Crippen LogP contribution in [0.3, 0.4) is 0 Å². The number of pyridine rings is 1. The average Bonchev–Trinajstić information content (AvgIpc) is 2.86. The summed E-state index contributed by atoms with van der Waals surface area (Å²) >= 11 is 0. The van der Waals surface area contributed by atoms with E-state index in [0.29, 0.717) is 11.8 Å². The van der Waals surface area contributed by atoms with Gasteiger partial charge in [0.2, 0.25) is 0 Å². The third-order valence-electron chi connectivity index (χ3n) is 6.10. The van der Waals surface area contributed by atoms with Crippen LogP contribution in [0.4, 0.5) is 10.6 Å². The van der Waals surface area contributed by atoms with Gasteiger partial charge in [0.15, 0.2) is 0 Å². The first-order valence-electron chi connectivity index (χ1n) is 11.3. The van der Waals surface area contributed by atoms with Gasteiger partial charge < -0.3 is 15.8 Å². The van der Waals surface area contributed by atoms with Crippen LogP contribution >= 0.6 is 0 Å². The molecule has 1 aliphatic rings. The third-order valence-corrected chi connectivity index (χ3v) is 6.10. The predicted octanol–water partition coefficient (Wildman–Crippen LogP) is 4.09. The summed E-state index contributed by atoms with van der Waals surface area (Å²) in [4.78, 5) is 28.2. The molecule has 33 heavy (non-hydrogen) atoms.